The van der Waals surface area contributed by atoms with Crippen LogP contribution in [0.4, 0.5) is 11.5 Å². The van der Waals surface area contributed by atoms with Crippen LogP contribution in [0, 0.1) is 0 Å². The van der Waals surface area contributed by atoms with Crippen molar-refractivity contribution in [3.8, 4) is 0 Å². The number of hydrogen-bond donors (Lipinski definition) is 0. The Morgan fingerprint density at radius 2 is 2.11 bits per heavy atom. The van der Waals surface area contributed by atoms with Gasteiger partial charge in [-0.3, -0.25) is 4.79 Å². The van der Waals surface area contributed by atoms with Crippen LogP contribution in [0.3, 0.4) is 0 Å². The van der Waals surface area contributed by atoms with E-state index >= 15 is 0 Å². The topological polar surface area (TPSA) is 49.3 Å². The lowest BCUT2D eigenvalue weighted by atomic mass is 10.0. The highest BCUT2D eigenvalue weighted by atomic mass is 16.2. The standard InChI is InChI=1S/C14H20N4O/c1-3-11-14(19)17(2)12-8-15-9-16-13(12)18(11)10-6-4-5-7-10/h8-11H,3-7H2,1-2H3. The van der Waals surface area contributed by atoms with Gasteiger partial charge in [0.15, 0.2) is 5.82 Å². The average Bonchev–Trinajstić information content (AvgIpc) is 2.96. The number of rotatable bonds is 2. The van der Waals surface area contributed by atoms with Crippen molar-refractivity contribution in [3.63, 3.8) is 0 Å². The molecule has 0 N–H and O–H groups in total. The van der Waals surface area contributed by atoms with Crippen molar-refractivity contribution in [2.24, 2.45) is 0 Å². The molecule has 1 unspecified atom stereocenters. The van der Waals surface area contributed by atoms with Gasteiger partial charge in [0.2, 0.25) is 5.91 Å². The maximum atomic E-state index is 12.5. The molecule has 1 aliphatic carbocycles. The van der Waals surface area contributed by atoms with Crippen molar-refractivity contribution >= 4 is 17.4 Å². The minimum Gasteiger partial charge on any atom is -0.340 e. The highest BCUT2D eigenvalue weighted by Gasteiger charge is 2.40. The average molecular weight is 260 g/mol. The zero-order chi connectivity index (χ0) is 13.4. The Bertz CT molecular complexity index is 484. The molecule has 1 saturated carbocycles. The third-order valence-electron chi connectivity index (χ3n) is 4.33. The molecule has 1 aromatic rings. The molecule has 3 rings (SSSR count). The van der Waals surface area contributed by atoms with Gasteiger partial charge in [0, 0.05) is 13.1 Å². The molecule has 2 heterocycles. The molecule has 2 aliphatic rings. The predicted octanol–water partition coefficient (Wildman–Crippen LogP) is 1.98. The predicted molar refractivity (Wildman–Crippen MR) is 74.3 cm³/mol. The third kappa shape index (κ3) is 1.88. The number of carbonyl (C=O) groups excluding carboxylic acids is 1. The quantitative estimate of drug-likeness (QED) is 0.816. The van der Waals surface area contributed by atoms with Crippen LogP contribution in [0.5, 0.6) is 0 Å². The van der Waals surface area contributed by atoms with Crippen molar-refractivity contribution in [2.75, 3.05) is 16.8 Å². The van der Waals surface area contributed by atoms with E-state index in [1.807, 2.05) is 7.05 Å². The molecular weight excluding hydrogens is 240 g/mol. The van der Waals surface area contributed by atoms with Crippen molar-refractivity contribution < 1.29 is 4.79 Å². The van der Waals surface area contributed by atoms with E-state index in [2.05, 4.69) is 21.8 Å². The molecular formula is C14H20N4O. The van der Waals surface area contributed by atoms with Gasteiger partial charge < -0.3 is 9.80 Å². The molecule has 5 heteroatoms. The number of amides is 1. The monoisotopic (exact) mass is 260 g/mol. The van der Waals surface area contributed by atoms with Crippen LogP contribution >= 0.6 is 0 Å². The third-order valence-corrected chi connectivity index (χ3v) is 4.33. The fourth-order valence-corrected chi connectivity index (χ4v) is 3.34. The number of anilines is 2. The summed E-state index contributed by atoms with van der Waals surface area (Å²) in [5.74, 6) is 1.09. The van der Waals surface area contributed by atoms with Crippen LogP contribution in [0.25, 0.3) is 0 Å². The maximum absolute atomic E-state index is 12.5. The van der Waals surface area contributed by atoms with Gasteiger partial charge in [0.1, 0.15) is 18.1 Å². The van der Waals surface area contributed by atoms with E-state index < -0.39 is 0 Å². The summed E-state index contributed by atoms with van der Waals surface area (Å²) in [6.07, 6.45) is 8.98. The molecule has 1 atom stereocenters. The molecule has 1 aromatic heterocycles. The summed E-state index contributed by atoms with van der Waals surface area (Å²) < 4.78 is 0. The summed E-state index contributed by atoms with van der Waals surface area (Å²) in [7, 11) is 1.82. The van der Waals surface area contributed by atoms with Gasteiger partial charge in [-0.2, -0.15) is 0 Å². The minimum absolute atomic E-state index is 0.0736. The van der Waals surface area contributed by atoms with Gasteiger partial charge in [-0.1, -0.05) is 19.8 Å². The van der Waals surface area contributed by atoms with Crippen LogP contribution in [-0.4, -0.2) is 35.0 Å². The molecule has 5 nitrogen and oxygen atoms in total. The lowest BCUT2D eigenvalue weighted by Gasteiger charge is -2.43. The van der Waals surface area contributed by atoms with Crippen LogP contribution in [0.15, 0.2) is 12.5 Å². The Morgan fingerprint density at radius 1 is 1.37 bits per heavy atom. The zero-order valence-corrected chi connectivity index (χ0v) is 11.5. The largest absolute Gasteiger partial charge is 0.340 e. The van der Waals surface area contributed by atoms with Crippen molar-refractivity contribution in [3.05, 3.63) is 12.5 Å². The summed E-state index contributed by atoms with van der Waals surface area (Å²) in [6.45, 7) is 2.07. The van der Waals surface area contributed by atoms with Gasteiger partial charge in [0.25, 0.3) is 0 Å². The number of carbonyl (C=O) groups is 1. The van der Waals surface area contributed by atoms with E-state index in [0.717, 1.165) is 30.8 Å². The Kier molecular flexibility index (Phi) is 3.12. The Hall–Kier alpha value is -1.65. The number of likely N-dealkylation sites (N-methyl/N-ethyl adjacent to an activating group) is 1. The molecule has 0 spiro atoms. The second-order valence-electron chi connectivity index (χ2n) is 5.40. The summed E-state index contributed by atoms with van der Waals surface area (Å²) in [6, 6.07) is 0.381. The van der Waals surface area contributed by atoms with Crippen LogP contribution < -0.4 is 9.80 Å². The van der Waals surface area contributed by atoms with E-state index in [4.69, 9.17) is 0 Å². The first-order valence-corrected chi connectivity index (χ1v) is 7.10. The van der Waals surface area contributed by atoms with E-state index in [1.54, 1.807) is 17.4 Å². The molecule has 0 bridgehead atoms. The molecule has 1 fully saturated rings. The van der Waals surface area contributed by atoms with Gasteiger partial charge in [-0.25, -0.2) is 9.97 Å². The summed E-state index contributed by atoms with van der Waals surface area (Å²) in [5.41, 5.74) is 0.837. The van der Waals surface area contributed by atoms with E-state index in [0.29, 0.717) is 6.04 Å². The first-order valence-electron chi connectivity index (χ1n) is 7.10. The maximum Gasteiger partial charge on any atom is 0.249 e. The number of hydrogen-bond acceptors (Lipinski definition) is 4. The van der Waals surface area contributed by atoms with Crippen molar-refractivity contribution in [2.45, 2.75) is 51.1 Å². The molecule has 0 saturated heterocycles. The Balaban J connectivity index is 2.07. The number of nitrogens with zero attached hydrogens (tertiary/aromatic N) is 4. The molecule has 1 aliphatic heterocycles. The fourth-order valence-electron chi connectivity index (χ4n) is 3.34. The van der Waals surface area contributed by atoms with Crippen molar-refractivity contribution in [1.29, 1.82) is 0 Å². The molecule has 19 heavy (non-hydrogen) atoms. The lowest BCUT2D eigenvalue weighted by molar-refractivity contribution is -0.120. The highest BCUT2D eigenvalue weighted by Crippen LogP contribution is 2.38. The van der Waals surface area contributed by atoms with Gasteiger partial charge >= 0.3 is 0 Å². The first kappa shape index (κ1) is 12.4. The highest BCUT2D eigenvalue weighted by molar-refractivity contribution is 6.04. The molecule has 0 aromatic carbocycles. The normalized spacial score (nSPS) is 23.9. The SMILES string of the molecule is CCC1C(=O)N(C)c2cncnc2N1C1CCCC1. The van der Waals surface area contributed by atoms with Crippen molar-refractivity contribution in [1.82, 2.24) is 9.97 Å². The van der Waals surface area contributed by atoms with Crippen LogP contribution in [0.1, 0.15) is 39.0 Å². The second kappa shape index (κ2) is 4.79. The zero-order valence-electron chi connectivity index (χ0n) is 11.5. The smallest absolute Gasteiger partial charge is 0.249 e. The summed E-state index contributed by atoms with van der Waals surface area (Å²) in [4.78, 5) is 25.0. The Morgan fingerprint density at radius 3 is 2.79 bits per heavy atom. The lowest BCUT2D eigenvalue weighted by Crippen LogP contribution is -2.55. The minimum atomic E-state index is -0.0736. The van der Waals surface area contributed by atoms with Gasteiger partial charge in [0.05, 0.1) is 6.20 Å². The van der Waals surface area contributed by atoms with E-state index in [9.17, 15) is 4.79 Å². The fraction of sp³-hybridized carbons (Fsp3) is 0.643. The van der Waals surface area contributed by atoms with Gasteiger partial charge in [-0.05, 0) is 19.3 Å². The number of aromatic nitrogens is 2. The van der Waals surface area contributed by atoms with Gasteiger partial charge in [-0.15, -0.1) is 0 Å². The van der Waals surface area contributed by atoms with E-state index in [-0.39, 0.29) is 11.9 Å². The molecule has 0 radical (unpaired) electrons. The molecule has 1 amide bonds. The Labute approximate surface area is 113 Å². The summed E-state index contributed by atoms with van der Waals surface area (Å²) in [5, 5.41) is 0. The van der Waals surface area contributed by atoms with Crippen LogP contribution in [-0.2, 0) is 4.79 Å². The molecule has 102 valence electrons. The van der Waals surface area contributed by atoms with Crippen LogP contribution in [0.2, 0.25) is 0 Å². The number of fused-ring (bicyclic) bond motifs is 1. The van der Waals surface area contributed by atoms with E-state index in [1.165, 1.54) is 12.8 Å². The summed E-state index contributed by atoms with van der Waals surface area (Å²) >= 11 is 0. The first-order chi connectivity index (χ1) is 9.24. The second-order valence-corrected chi connectivity index (χ2v) is 5.40.